The van der Waals surface area contributed by atoms with Crippen molar-refractivity contribution in [2.24, 2.45) is 0 Å². The quantitative estimate of drug-likeness (QED) is 0.667. The van der Waals surface area contributed by atoms with Gasteiger partial charge in [-0.3, -0.25) is 9.78 Å². The highest BCUT2D eigenvalue weighted by atomic mass is 16.5. The molecule has 2 aliphatic heterocycles. The largest absolute Gasteiger partial charge is 0.496 e. The van der Waals surface area contributed by atoms with E-state index in [2.05, 4.69) is 11.1 Å². The van der Waals surface area contributed by atoms with Gasteiger partial charge in [0.15, 0.2) is 0 Å². The van der Waals surface area contributed by atoms with Gasteiger partial charge in [0.1, 0.15) is 11.4 Å². The molecule has 1 saturated heterocycles. The van der Waals surface area contributed by atoms with Crippen molar-refractivity contribution in [3.05, 3.63) is 71.4 Å². The van der Waals surface area contributed by atoms with E-state index in [4.69, 9.17) is 9.47 Å². The predicted molar refractivity (Wildman–Crippen MR) is 111 cm³/mol. The second-order valence-electron chi connectivity index (χ2n) is 7.76. The first-order valence-corrected chi connectivity index (χ1v) is 10.2. The van der Waals surface area contributed by atoms with Crippen LogP contribution < -0.4 is 4.74 Å². The Morgan fingerprint density at radius 2 is 1.90 bits per heavy atom. The number of methoxy groups -OCH3 is 1. The van der Waals surface area contributed by atoms with Gasteiger partial charge in [-0.05, 0) is 43.0 Å². The number of nitrogens with zero attached hydrogens (tertiary/aromatic N) is 2. The first-order valence-electron chi connectivity index (χ1n) is 10.2. The lowest BCUT2D eigenvalue weighted by atomic mass is 9.78. The summed E-state index contributed by atoms with van der Waals surface area (Å²) in [7, 11) is 1.71. The summed E-state index contributed by atoms with van der Waals surface area (Å²) in [6, 6.07) is 15.9. The Bertz CT molecular complexity index is 1050. The molecule has 3 aromatic rings. The molecule has 0 atom stereocenters. The van der Waals surface area contributed by atoms with Gasteiger partial charge in [-0.15, -0.1) is 0 Å². The second kappa shape index (κ2) is 7.16. The van der Waals surface area contributed by atoms with Crippen LogP contribution in [0.3, 0.4) is 0 Å². The van der Waals surface area contributed by atoms with Crippen LogP contribution in [0.25, 0.3) is 10.9 Å². The van der Waals surface area contributed by atoms with Crippen LogP contribution in [0.15, 0.2) is 54.7 Å². The van der Waals surface area contributed by atoms with Gasteiger partial charge in [-0.2, -0.15) is 0 Å². The number of carbonyl (C=O) groups is 1. The highest BCUT2D eigenvalue weighted by Crippen LogP contribution is 2.46. The third kappa shape index (κ3) is 2.97. The van der Waals surface area contributed by atoms with Gasteiger partial charge < -0.3 is 14.4 Å². The minimum atomic E-state index is -0.367. The van der Waals surface area contributed by atoms with Crippen LogP contribution >= 0.6 is 0 Å². The molecule has 0 N–H and O–H groups in total. The predicted octanol–water partition coefficient (Wildman–Crippen LogP) is 3.95. The van der Waals surface area contributed by atoms with E-state index in [0.29, 0.717) is 25.3 Å². The van der Waals surface area contributed by atoms with Crippen molar-refractivity contribution in [3.8, 4) is 5.75 Å². The standard InChI is InChI=1S/C24H24N2O3/c1-28-20-9-3-5-17-10-16-29-24(21(17)20)11-14-26(15-12-24)23(27)19-8-2-6-18-7-4-13-25-22(18)19/h2-9,13H,10-12,14-16H2,1H3. The number of likely N-dealkylation sites (tertiary alicyclic amines) is 1. The van der Waals surface area contributed by atoms with E-state index in [-0.39, 0.29) is 11.5 Å². The molecule has 2 aliphatic rings. The minimum Gasteiger partial charge on any atom is -0.496 e. The van der Waals surface area contributed by atoms with Crippen LogP contribution in [0.1, 0.15) is 34.3 Å². The Kier molecular flexibility index (Phi) is 4.47. The SMILES string of the molecule is COc1cccc2c1C1(CCN(C(=O)c3cccc4cccnc34)CC1)OCC2. The normalized spacial score (nSPS) is 17.9. The van der Waals surface area contributed by atoms with Crippen LogP contribution in [-0.4, -0.2) is 42.6 Å². The number of pyridine rings is 1. The summed E-state index contributed by atoms with van der Waals surface area (Å²) in [6.07, 6.45) is 4.18. The average Bonchev–Trinajstić information content (AvgIpc) is 2.78. The number of amides is 1. The number of carbonyl (C=O) groups excluding carboxylic acids is 1. The molecule has 1 fully saturated rings. The van der Waals surface area contributed by atoms with Gasteiger partial charge >= 0.3 is 0 Å². The lowest BCUT2D eigenvalue weighted by Gasteiger charge is -2.45. The fourth-order valence-electron chi connectivity index (χ4n) is 4.81. The molecule has 3 heterocycles. The summed E-state index contributed by atoms with van der Waals surface area (Å²) in [5, 5.41) is 0.987. The second-order valence-corrected chi connectivity index (χ2v) is 7.76. The van der Waals surface area contributed by atoms with Crippen LogP contribution in [-0.2, 0) is 16.8 Å². The van der Waals surface area contributed by atoms with Gasteiger partial charge in [0.25, 0.3) is 5.91 Å². The highest BCUT2D eigenvalue weighted by molar-refractivity contribution is 6.05. The van der Waals surface area contributed by atoms with Crippen molar-refractivity contribution in [1.82, 2.24) is 9.88 Å². The maximum absolute atomic E-state index is 13.3. The van der Waals surface area contributed by atoms with E-state index in [1.165, 1.54) is 11.1 Å². The van der Waals surface area contributed by atoms with Crippen LogP contribution in [0.5, 0.6) is 5.75 Å². The Morgan fingerprint density at radius 1 is 1.10 bits per heavy atom. The molecule has 0 bridgehead atoms. The van der Waals surface area contributed by atoms with E-state index < -0.39 is 0 Å². The average molecular weight is 388 g/mol. The number of aromatic nitrogens is 1. The lowest BCUT2D eigenvalue weighted by molar-refractivity contribution is -0.0946. The number of piperidine rings is 1. The molecule has 1 aromatic heterocycles. The molecule has 0 unspecified atom stereocenters. The molecule has 1 spiro atoms. The van der Waals surface area contributed by atoms with Crippen LogP contribution in [0, 0.1) is 0 Å². The summed E-state index contributed by atoms with van der Waals surface area (Å²) >= 11 is 0. The topological polar surface area (TPSA) is 51.7 Å². The van der Waals surface area contributed by atoms with Gasteiger partial charge in [-0.25, -0.2) is 0 Å². The van der Waals surface area contributed by atoms with Crippen molar-refractivity contribution in [1.29, 1.82) is 0 Å². The number of hydrogen-bond donors (Lipinski definition) is 0. The summed E-state index contributed by atoms with van der Waals surface area (Å²) < 4.78 is 12.0. The molecule has 0 radical (unpaired) electrons. The van der Waals surface area contributed by atoms with Crippen molar-refractivity contribution < 1.29 is 14.3 Å². The van der Waals surface area contributed by atoms with Crippen LogP contribution in [0.2, 0.25) is 0 Å². The van der Waals surface area contributed by atoms with E-state index in [1.807, 2.05) is 47.4 Å². The molecule has 148 valence electrons. The van der Waals surface area contributed by atoms with E-state index >= 15 is 0 Å². The van der Waals surface area contributed by atoms with E-state index in [1.54, 1.807) is 13.3 Å². The zero-order valence-electron chi connectivity index (χ0n) is 16.6. The fourth-order valence-corrected chi connectivity index (χ4v) is 4.81. The third-order valence-electron chi connectivity index (χ3n) is 6.26. The molecule has 2 aromatic carbocycles. The molecule has 5 rings (SSSR count). The maximum Gasteiger partial charge on any atom is 0.256 e. The fraction of sp³-hybridized carbons (Fsp3) is 0.333. The van der Waals surface area contributed by atoms with Gasteiger partial charge in [0.05, 0.1) is 24.8 Å². The number of benzene rings is 2. The zero-order valence-corrected chi connectivity index (χ0v) is 16.6. The molecular formula is C24H24N2O3. The molecular weight excluding hydrogens is 364 g/mol. The number of ether oxygens (including phenoxy) is 2. The number of fused-ring (bicyclic) bond motifs is 3. The summed E-state index contributed by atoms with van der Waals surface area (Å²) in [5.41, 5.74) is 3.54. The van der Waals surface area contributed by atoms with Crippen LogP contribution in [0.4, 0.5) is 0 Å². The highest BCUT2D eigenvalue weighted by Gasteiger charge is 2.43. The summed E-state index contributed by atoms with van der Waals surface area (Å²) in [6.45, 7) is 2.01. The first-order chi connectivity index (χ1) is 14.2. The molecule has 5 heteroatoms. The number of hydrogen-bond acceptors (Lipinski definition) is 4. The van der Waals surface area contributed by atoms with E-state index in [9.17, 15) is 4.79 Å². The molecule has 1 amide bonds. The minimum absolute atomic E-state index is 0.0419. The maximum atomic E-state index is 13.3. The zero-order chi connectivity index (χ0) is 19.8. The van der Waals surface area contributed by atoms with Gasteiger partial charge in [-0.1, -0.05) is 30.3 Å². The smallest absolute Gasteiger partial charge is 0.256 e. The van der Waals surface area contributed by atoms with Gasteiger partial charge in [0.2, 0.25) is 0 Å². The Balaban J connectivity index is 1.42. The van der Waals surface area contributed by atoms with Crippen molar-refractivity contribution in [3.63, 3.8) is 0 Å². The summed E-state index contributed by atoms with van der Waals surface area (Å²) in [5.74, 6) is 0.931. The first kappa shape index (κ1) is 18.1. The molecule has 0 saturated carbocycles. The Hall–Kier alpha value is -2.92. The van der Waals surface area contributed by atoms with Crippen molar-refractivity contribution in [2.45, 2.75) is 24.9 Å². The Labute approximate surface area is 170 Å². The van der Waals surface area contributed by atoms with Gasteiger partial charge in [0, 0.05) is 30.2 Å². The number of para-hydroxylation sites is 1. The number of rotatable bonds is 2. The van der Waals surface area contributed by atoms with Crippen molar-refractivity contribution in [2.75, 3.05) is 26.8 Å². The molecule has 5 nitrogen and oxygen atoms in total. The molecule has 29 heavy (non-hydrogen) atoms. The molecule has 0 aliphatic carbocycles. The Morgan fingerprint density at radius 3 is 2.72 bits per heavy atom. The lowest BCUT2D eigenvalue weighted by Crippen LogP contribution is -2.48. The third-order valence-corrected chi connectivity index (χ3v) is 6.26. The van der Waals surface area contributed by atoms with Crippen molar-refractivity contribution >= 4 is 16.8 Å². The summed E-state index contributed by atoms with van der Waals surface area (Å²) in [4.78, 5) is 19.7. The van der Waals surface area contributed by atoms with E-state index in [0.717, 1.165) is 35.9 Å². The monoisotopic (exact) mass is 388 g/mol.